The smallest absolute Gasteiger partial charge is 0.245 e. The van der Waals surface area contributed by atoms with E-state index in [1.54, 1.807) is 6.07 Å². The van der Waals surface area contributed by atoms with E-state index in [4.69, 9.17) is 22.1 Å². The van der Waals surface area contributed by atoms with Crippen LogP contribution in [0, 0.1) is 0 Å². The Labute approximate surface area is 137 Å². The zero-order valence-electron chi connectivity index (χ0n) is 11.1. The minimum atomic E-state index is -0.743. The number of hydrogen-bond donors (Lipinski definition) is 2. The van der Waals surface area contributed by atoms with Gasteiger partial charge in [0, 0.05) is 12.7 Å². The lowest BCUT2D eigenvalue weighted by Gasteiger charge is -2.08. The molecule has 114 valence electrons. The van der Waals surface area contributed by atoms with Crippen LogP contribution in [0.1, 0.15) is 0 Å². The Kier molecular flexibility index (Phi) is 7.00. The van der Waals surface area contributed by atoms with Gasteiger partial charge in [-0.25, -0.2) is 0 Å². The molecule has 21 heavy (non-hydrogen) atoms. The third kappa shape index (κ3) is 4.62. The SMILES string of the molecule is COCC(N)C(=O)Nc1nnc(-c2ccccc2Cl)s1.Cl. The van der Waals surface area contributed by atoms with Crippen molar-refractivity contribution in [1.82, 2.24) is 10.2 Å². The van der Waals surface area contributed by atoms with Crippen molar-refractivity contribution in [2.24, 2.45) is 5.73 Å². The molecule has 2 rings (SSSR count). The van der Waals surface area contributed by atoms with Crippen molar-refractivity contribution in [3.8, 4) is 10.6 Å². The number of nitrogens with zero attached hydrogens (tertiary/aromatic N) is 2. The van der Waals surface area contributed by atoms with Crippen LogP contribution in [0.25, 0.3) is 10.6 Å². The Balaban J connectivity index is 0.00000220. The van der Waals surface area contributed by atoms with E-state index in [9.17, 15) is 4.79 Å². The first-order valence-corrected chi connectivity index (χ1v) is 6.95. The number of halogens is 2. The van der Waals surface area contributed by atoms with Crippen LogP contribution >= 0.6 is 35.3 Å². The minimum absolute atomic E-state index is 0. The number of anilines is 1. The van der Waals surface area contributed by atoms with E-state index in [0.29, 0.717) is 15.2 Å². The molecule has 9 heteroatoms. The average Bonchev–Trinajstić information content (AvgIpc) is 2.87. The molecule has 0 saturated carbocycles. The zero-order valence-corrected chi connectivity index (χ0v) is 13.5. The lowest BCUT2D eigenvalue weighted by atomic mass is 10.2. The number of benzene rings is 1. The van der Waals surface area contributed by atoms with E-state index in [1.807, 2.05) is 18.2 Å². The maximum Gasteiger partial charge on any atom is 0.245 e. The van der Waals surface area contributed by atoms with E-state index in [0.717, 1.165) is 5.56 Å². The molecule has 0 radical (unpaired) electrons. The van der Waals surface area contributed by atoms with Gasteiger partial charge in [0.1, 0.15) is 6.04 Å². The molecule has 0 aliphatic carbocycles. The van der Waals surface area contributed by atoms with E-state index in [-0.39, 0.29) is 24.9 Å². The van der Waals surface area contributed by atoms with E-state index < -0.39 is 6.04 Å². The molecule has 0 fully saturated rings. The van der Waals surface area contributed by atoms with Crippen molar-refractivity contribution in [3.05, 3.63) is 29.3 Å². The molecular weight excluding hydrogens is 335 g/mol. The van der Waals surface area contributed by atoms with Crippen molar-refractivity contribution in [2.45, 2.75) is 6.04 Å². The van der Waals surface area contributed by atoms with Gasteiger partial charge >= 0.3 is 0 Å². The second-order valence-electron chi connectivity index (χ2n) is 3.94. The number of ether oxygens (including phenoxy) is 1. The summed E-state index contributed by atoms with van der Waals surface area (Å²) in [6.45, 7) is 0.141. The van der Waals surface area contributed by atoms with Gasteiger partial charge in [-0.3, -0.25) is 10.1 Å². The zero-order chi connectivity index (χ0) is 14.5. The lowest BCUT2D eigenvalue weighted by molar-refractivity contribution is -0.118. The lowest BCUT2D eigenvalue weighted by Crippen LogP contribution is -2.39. The summed E-state index contributed by atoms with van der Waals surface area (Å²) in [5.74, 6) is -0.367. The van der Waals surface area contributed by atoms with Crippen molar-refractivity contribution >= 4 is 46.4 Å². The quantitative estimate of drug-likeness (QED) is 0.864. The molecule has 0 aliphatic heterocycles. The fraction of sp³-hybridized carbons (Fsp3) is 0.250. The summed E-state index contributed by atoms with van der Waals surface area (Å²) in [5.41, 5.74) is 6.39. The van der Waals surface area contributed by atoms with Gasteiger partial charge in [0.15, 0.2) is 5.01 Å². The maximum atomic E-state index is 11.7. The summed E-state index contributed by atoms with van der Waals surface area (Å²) in [5, 5.41) is 12.1. The normalized spacial score (nSPS) is 11.6. The minimum Gasteiger partial charge on any atom is -0.383 e. The van der Waals surface area contributed by atoms with Crippen molar-refractivity contribution in [1.29, 1.82) is 0 Å². The second-order valence-corrected chi connectivity index (χ2v) is 5.33. The predicted octanol–water partition coefficient (Wildman–Crippen LogP) is 2.19. The Morgan fingerprint density at radius 2 is 2.19 bits per heavy atom. The highest BCUT2D eigenvalue weighted by atomic mass is 35.5. The standard InChI is InChI=1S/C12H13ClN4O2S.ClH/c1-19-6-9(14)10(18)15-12-17-16-11(20-12)7-4-2-3-5-8(7)13;/h2-5,9H,6,14H2,1H3,(H,15,17,18);1H. The van der Waals surface area contributed by atoms with Gasteiger partial charge in [-0.1, -0.05) is 41.1 Å². The maximum absolute atomic E-state index is 11.7. The summed E-state index contributed by atoms with van der Waals surface area (Å²) < 4.78 is 4.82. The molecule has 0 saturated heterocycles. The highest BCUT2D eigenvalue weighted by Gasteiger charge is 2.16. The Morgan fingerprint density at radius 1 is 1.48 bits per heavy atom. The number of methoxy groups -OCH3 is 1. The molecule has 1 aromatic heterocycles. The first-order chi connectivity index (χ1) is 9.61. The van der Waals surface area contributed by atoms with Crippen LogP contribution in [0.2, 0.25) is 5.02 Å². The summed E-state index contributed by atoms with van der Waals surface area (Å²) in [7, 11) is 1.48. The fourth-order valence-electron chi connectivity index (χ4n) is 1.47. The van der Waals surface area contributed by atoms with E-state index in [1.165, 1.54) is 18.4 Å². The fourth-order valence-corrected chi connectivity index (χ4v) is 2.54. The van der Waals surface area contributed by atoms with E-state index >= 15 is 0 Å². The van der Waals surface area contributed by atoms with Gasteiger partial charge in [-0.05, 0) is 6.07 Å². The number of nitrogens with one attached hydrogen (secondary N) is 1. The van der Waals surface area contributed by atoms with Crippen LogP contribution in [0.15, 0.2) is 24.3 Å². The van der Waals surface area contributed by atoms with Crippen LogP contribution in [0.3, 0.4) is 0 Å². The molecule has 1 unspecified atom stereocenters. The molecule has 6 nitrogen and oxygen atoms in total. The summed E-state index contributed by atoms with van der Waals surface area (Å²) in [4.78, 5) is 11.7. The first kappa shape index (κ1) is 17.8. The van der Waals surface area contributed by atoms with Crippen LogP contribution in [-0.2, 0) is 9.53 Å². The number of carbonyl (C=O) groups is 1. The Hall–Kier alpha value is -1.25. The Bertz CT molecular complexity index is 608. The second kappa shape index (κ2) is 8.26. The van der Waals surface area contributed by atoms with Crippen LogP contribution in [-0.4, -0.2) is 35.9 Å². The molecule has 1 aromatic carbocycles. The third-order valence-electron chi connectivity index (χ3n) is 2.44. The molecule has 3 N–H and O–H groups in total. The molecule has 1 atom stereocenters. The van der Waals surface area contributed by atoms with Gasteiger partial charge in [-0.2, -0.15) is 0 Å². The van der Waals surface area contributed by atoms with Crippen molar-refractivity contribution in [3.63, 3.8) is 0 Å². The molecule has 0 aliphatic rings. The molecule has 0 spiro atoms. The van der Waals surface area contributed by atoms with E-state index in [2.05, 4.69) is 15.5 Å². The van der Waals surface area contributed by atoms with Gasteiger partial charge < -0.3 is 10.5 Å². The topological polar surface area (TPSA) is 90.1 Å². The highest BCUT2D eigenvalue weighted by molar-refractivity contribution is 7.18. The molecular formula is C12H14Cl2N4O2S. The van der Waals surface area contributed by atoms with Crippen molar-refractivity contribution in [2.75, 3.05) is 19.0 Å². The summed E-state index contributed by atoms with van der Waals surface area (Å²) >= 11 is 7.31. The summed E-state index contributed by atoms with van der Waals surface area (Å²) in [6, 6.07) is 6.55. The van der Waals surface area contributed by atoms with Crippen molar-refractivity contribution < 1.29 is 9.53 Å². The molecule has 0 bridgehead atoms. The number of carbonyl (C=O) groups excluding carboxylic acids is 1. The van der Waals surface area contributed by atoms with Gasteiger partial charge in [0.2, 0.25) is 11.0 Å². The Morgan fingerprint density at radius 3 is 2.86 bits per heavy atom. The van der Waals surface area contributed by atoms with Crippen LogP contribution in [0.5, 0.6) is 0 Å². The number of rotatable bonds is 5. The molecule has 1 amide bonds. The number of amides is 1. The van der Waals surface area contributed by atoms with Gasteiger partial charge in [0.25, 0.3) is 0 Å². The number of aromatic nitrogens is 2. The largest absolute Gasteiger partial charge is 0.383 e. The average molecular weight is 349 g/mol. The first-order valence-electron chi connectivity index (χ1n) is 5.75. The number of hydrogen-bond acceptors (Lipinski definition) is 6. The summed E-state index contributed by atoms with van der Waals surface area (Å²) in [6.07, 6.45) is 0. The molecule has 2 aromatic rings. The third-order valence-corrected chi connectivity index (χ3v) is 3.64. The van der Waals surface area contributed by atoms with Gasteiger partial charge in [-0.15, -0.1) is 22.6 Å². The number of nitrogens with two attached hydrogens (primary N) is 1. The van der Waals surface area contributed by atoms with Crippen LogP contribution < -0.4 is 11.1 Å². The monoisotopic (exact) mass is 348 g/mol. The highest BCUT2D eigenvalue weighted by Crippen LogP contribution is 2.31. The van der Waals surface area contributed by atoms with Crippen LogP contribution in [0.4, 0.5) is 5.13 Å². The predicted molar refractivity (Wildman–Crippen MR) is 86.1 cm³/mol. The van der Waals surface area contributed by atoms with Gasteiger partial charge in [0.05, 0.1) is 11.6 Å². The molecule has 1 heterocycles.